The predicted octanol–water partition coefficient (Wildman–Crippen LogP) is 6.08. The molecule has 2 amide bonds. The highest BCUT2D eigenvalue weighted by Crippen LogP contribution is 2.52. The number of rotatable bonds is 17. The first kappa shape index (κ1) is 47.7. The van der Waals surface area contributed by atoms with Gasteiger partial charge in [0.05, 0.1) is 12.0 Å². The Balaban J connectivity index is 0.851. The lowest BCUT2D eigenvalue weighted by atomic mass is 9.58. The first-order chi connectivity index (χ1) is 32.4. The third-order valence-electron chi connectivity index (χ3n) is 16.1. The number of alkyl carbamates (subject to hydrolysis) is 1. The first-order valence-corrected chi connectivity index (χ1v) is 26.5. The number of anilines is 1. The van der Waals surface area contributed by atoms with E-state index in [-0.39, 0.29) is 47.6 Å². The maximum absolute atomic E-state index is 15.3. The number of hydrogen-bond donors (Lipinski definition) is 1. The summed E-state index contributed by atoms with van der Waals surface area (Å²) in [6.07, 6.45) is 15.0. The van der Waals surface area contributed by atoms with Crippen LogP contribution in [0.15, 0.2) is 71.9 Å². The second kappa shape index (κ2) is 20.7. The zero-order valence-corrected chi connectivity index (χ0v) is 40.2. The molecule has 1 aromatic heterocycles. The Hall–Kier alpha value is -4.38. The topological polar surface area (TPSA) is 124 Å². The number of sulfone groups is 1. The summed E-state index contributed by atoms with van der Waals surface area (Å²) in [5.41, 5.74) is 2.18. The van der Waals surface area contributed by atoms with E-state index >= 15 is 4.39 Å². The molecule has 1 aliphatic carbocycles. The van der Waals surface area contributed by atoms with Crippen molar-refractivity contribution in [3.8, 4) is 0 Å². The van der Waals surface area contributed by atoms with Gasteiger partial charge in [0.25, 0.3) is 0 Å². The van der Waals surface area contributed by atoms with Crippen LogP contribution in [0.1, 0.15) is 75.2 Å². The molecule has 5 saturated heterocycles. The molecule has 2 aromatic carbocycles. The summed E-state index contributed by atoms with van der Waals surface area (Å²) >= 11 is 0. The summed E-state index contributed by atoms with van der Waals surface area (Å²) < 4.78 is 64.9. The van der Waals surface area contributed by atoms with Crippen LogP contribution in [0.2, 0.25) is 0 Å². The van der Waals surface area contributed by atoms with Gasteiger partial charge in [-0.15, -0.1) is 0 Å². The quantitative estimate of drug-likeness (QED) is 0.160. The van der Waals surface area contributed by atoms with Crippen LogP contribution in [-0.4, -0.2) is 153 Å². The van der Waals surface area contributed by atoms with E-state index in [1.54, 1.807) is 23.1 Å². The summed E-state index contributed by atoms with van der Waals surface area (Å²) in [7, 11) is -2.33. The van der Waals surface area contributed by atoms with Crippen LogP contribution < -0.4 is 10.2 Å². The van der Waals surface area contributed by atoms with Crippen LogP contribution in [0.25, 0.3) is 0 Å². The van der Waals surface area contributed by atoms with E-state index in [4.69, 9.17) is 4.74 Å². The van der Waals surface area contributed by atoms with E-state index in [1.807, 2.05) is 41.6 Å². The first-order valence-electron chi connectivity index (χ1n) is 24.9. The van der Waals surface area contributed by atoms with Crippen molar-refractivity contribution in [1.82, 2.24) is 34.5 Å². The van der Waals surface area contributed by atoms with E-state index in [0.29, 0.717) is 37.7 Å². The number of aromatic nitrogens is 2. The molecule has 9 rings (SSSR count). The monoisotopic (exact) mass is 945 g/mol. The van der Waals surface area contributed by atoms with Gasteiger partial charge in [0.2, 0.25) is 5.91 Å². The van der Waals surface area contributed by atoms with E-state index in [0.717, 1.165) is 108 Å². The lowest BCUT2D eigenvalue weighted by molar-refractivity contribution is -0.129. The molecule has 1 unspecified atom stereocenters. The van der Waals surface area contributed by atoms with Gasteiger partial charge in [0, 0.05) is 113 Å². The summed E-state index contributed by atoms with van der Waals surface area (Å²) in [6, 6.07) is 12.7. The van der Waals surface area contributed by atoms with Gasteiger partial charge >= 0.3 is 6.09 Å². The van der Waals surface area contributed by atoms with Gasteiger partial charge in [0.15, 0.2) is 9.84 Å². The van der Waals surface area contributed by atoms with Gasteiger partial charge in [-0.05, 0) is 118 Å². The lowest BCUT2D eigenvalue weighted by Crippen LogP contribution is -2.56. The van der Waals surface area contributed by atoms with Crippen molar-refractivity contribution in [2.45, 2.75) is 106 Å². The molecule has 364 valence electrons. The number of imidazole rings is 1. The van der Waals surface area contributed by atoms with Gasteiger partial charge in [-0.25, -0.2) is 27.0 Å². The molecule has 16 heteroatoms. The smallest absolute Gasteiger partial charge is 0.407 e. The number of likely N-dealkylation sites (tertiary alicyclic amines) is 4. The van der Waals surface area contributed by atoms with Crippen LogP contribution in [0, 0.1) is 23.6 Å². The van der Waals surface area contributed by atoms with E-state index < -0.39 is 32.8 Å². The normalized spacial score (nSPS) is 24.1. The fraction of sp³-hybridized carbons (Fsp3) is 0.627. The fourth-order valence-electron chi connectivity index (χ4n) is 12.4. The number of amides is 2. The number of aryl methyl sites for hydroxylation is 1. The van der Waals surface area contributed by atoms with Gasteiger partial charge in [0.1, 0.15) is 23.1 Å². The number of hydrogen-bond acceptors (Lipinski definition) is 10. The Morgan fingerprint density at radius 3 is 2.40 bits per heavy atom. The van der Waals surface area contributed by atoms with E-state index in [1.165, 1.54) is 32.4 Å². The predicted molar refractivity (Wildman–Crippen MR) is 255 cm³/mol. The second-order valence-corrected chi connectivity index (χ2v) is 22.5. The Labute approximate surface area is 395 Å². The van der Waals surface area contributed by atoms with Crippen molar-refractivity contribution in [2.75, 3.05) is 90.5 Å². The third-order valence-corrected chi connectivity index (χ3v) is 18.2. The van der Waals surface area contributed by atoms with Crippen LogP contribution in [0.3, 0.4) is 0 Å². The molecular formula is C51H70F2N8O5S. The molecule has 13 nitrogen and oxygen atoms in total. The van der Waals surface area contributed by atoms with Crippen molar-refractivity contribution in [1.29, 1.82) is 0 Å². The maximum Gasteiger partial charge on any atom is 0.407 e. The zero-order chi connectivity index (χ0) is 46.7. The molecule has 5 aliphatic heterocycles. The molecule has 6 fully saturated rings. The molecule has 0 spiro atoms. The number of ether oxygens (including phenoxy) is 1. The summed E-state index contributed by atoms with van der Waals surface area (Å²) in [5.74, 6) is 1.32. The third kappa shape index (κ3) is 10.3. The van der Waals surface area contributed by atoms with Crippen LogP contribution in [0.4, 0.5) is 19.3 Å². The zero-order valence-electron chi connectivity index (χ0n) is 39.4. The van der Waals surface area contributed by atoms with Crippen molar-refractivity contribution in [3.05, 3.63) is 89.8 Å². The number of nitrogens with one attached hydrogen (secondary N) is 1. The highest BCUT2D eigenvalue weighted by molar-refractivity contribution is 7.92. The average molecular weight is 945 g/mol. The minimum Gasteiger partial charge on any atom is -0.453 e. The number of nitrogens with zero attached hydrogens (tertiary/aromatic N) is 7. The minimum atomic E-state index is -3.73. The highest BCUT2D eigenvalue weighted by Gasteiger charge is 2.53. The number of carbonyl (C=O) groups excluding carboxylic acids is 2. The van der Waals surface area contributed by atoms with Crippen molar-refractivity contribution in [2.24, 2.45) is 17.8 Å². The fourth-order valence-corrected chi connectivity index (χ4v) is 14.2. The molecule has 67 heavy (non-hydrogen) atoms. The number of halogens is 2. The number of methoxy groups -OCH3 is 1. The number of carbonyl (C=O) groups is 2. The number of piperidine rings is 2. The summed E-state index contributed by atoms with van der Waals surface area (Å²) in [6.45, 7) is 11.3. The van der Waals surface area contributed by atoms with Crippen molar-refractivity contribution < 1.29 is 31.5 Å². The Morgan fingerprint density at radius 1 is 0.910 bits per heavy atom. The standard InChI is InChI=1S/C51H70F2N8O5S/c1-3-48-54-19-25-59(48)36-51(40-10-7-11-41(52)27-40,45-12-8-13-46(45)55-50(63)66-2)39-17-23-57(24-18-39)28-37-29-60(30-37)43-15-16-47(38(26-43)31-58-32-42(53)33-58)67(64,65)44-34-61(35-44)49(62)14-9-22-56-20-5-4-6-21-56/h7,9-11,14-16,19,25-27,37,39,42,44-46H,3-6,8,12-13,17-18,20-24,28-36H2,1-2H3,(H,55,63)/b14-9+/t45-,46-,51?/m0/s1. The molecule has 0 bridgehead atoms. The van der Waals surface area contributed by atoms with Crippen molar-refractivity contribution in [3.63, 3.8) is 0 Å². The minimum absolute atomic E-state index is 0.0668. The molecular weight excluding hydrogens is 875 g/mol. The molecule has 3 aromatic rings. The Morgan fingerprint density at radius 2 is 1.69 bits per heavy atom. The molecule has 6 aliphatic rings. The van der Waals surface area contributed by atoms with E-state index in [2.05, 4.69) is 42.6 Å². The SMILES string of the molecule is CCc1nccn1CC(c1cccc(F)c1)(C1CCN(CC2CN(c3ccc(S(=O)(=O)C4CN(C(=O)/C=C/CN5CCCCC5)C4)c(CN4CC(F)C4)c3)C2)CC1)[C@H]1CCC[C@@H]1NC(=O)OC. The summed E-state index contributed by atoms with van der Waals surface area (Å²) in [4.78, 5) is 41.4. The number of benzene rings is 2. The van der Waals surface area contributed by atoms with Crippen LogP contribution in [0.5, 0.6) is 0 Å². The van der Waals surface area contributed by atoms with Gasteiger partial charge in [-0.2, -0.15) is 0 Å². The highest BCUT2D eigenvalue weighted by atomic mass is 32.2. The summed E-state index contributed by atoms with van der Waals surface area (Å²) in [5, 5.41) is 2.51. The van der Waals surface area contributed by atoms with Gasteiger partial charge < -0.3 is 29.3 Å². The largest absolute Gasteiger partial charge is 0.453 e. The average Bonchev–Trinajstić information content (AvgIpc) is 3.95. The second-order valence-electron chi connectivity index (χ2n) is 20.3. The number of alkyl halides is 1. The van der Waals surface area contributed by atoms with Gasteiger partial charge in [-0.3, -0.25) is 14.6 Å². The molecule has 1 N–H and O–H groups in total. The van der Waals surface area contributed by atoms with E-state index in [9.17, 15) is 22.4 Å². The molecule has 6 heterocycles. The molecule has 1 saturated carbocycles. The molecule has 0 radical (unpaired) electrons. The Bertz CT molecular complexity index is 2330. The maximum atomic E-state index is 15.3. The lowest BCUT2D eigenvalue weighted by Gasteiger charge is -2.51. The van der Waals surface area contributed by atoms with Crippen LogP contribution in [-0.2, 0) is 44.3 Å². The van der Waals surface area contributed by atoms with Crippen molar-refractivity contribution >= 4 is 27.5 Å². The Kier molecular flexibility index (Phi) is 14.7. The van der Waals surface area contributed by atoms with Crippen LogP contribution >= 0.6 is 0 Å². The molecule has 3 atom stereocenters. The van der Waals surface area contributed by atoms with Gasteiger partial charge in [-0.1, -0.05) is 38.0 Å².